The number of aromatic nitrogens is 2. The summed E-state index contributed by atoms with van der Waals surface area (Å²) < 4.78 is 9.10. The number of esters is 2. The number of nitrogens with zero attached hydrogens (tertiary/aromatic N) is 2. The van der Waals surface area contributed by atoms with Gasteiger partial charge in [0.05, 0.1) is 14.2 Å². The Hall–Kier alpha value is -2.81. The van der Waals surface area contributed by atoms with Crippen molar-refractivity contribution in [3.8, 4) is 16.5 Å². The monoisotopic (exact) mass is 336 g/mol. The van der Waals surface area contributed by atoms with Crippen molar-refractivity contribution in [2.45, 2.75) is 6.92 Å². The first kappa shape index (κ1) is 16.6. The van der Waals surface area contributed by atoms with Crippen LogP contribution in [0.1, 0.15) is 38.3 Å². The Bertz CT molecular complexity index is 799. The number of thiazole rings is 1. The highest BCUT2D eigenvalue weighted by molar-refractivity contribution is 7.13. The van der Waals surface area contributed by atoms with Gasteiger partial charge in [-0.2, -0.15) is 0 Å². The number of Topliss-reactive ketones (excluding diaryl/α,β-unsaturated/α-hetero) is 1. The summed E-state index contributed by atoms with van der Waals surface area (Å²) in [5.74, 6) is -2.35. The zero-order valence-electron chi connectivity index (χ0n) is 12.4. The van der Waals surface area contributed by atoms with Crippen LogP contribution in [0.3, 0.4) is 0 Å². The summed E-state index contributed by atoms with van der Waals surface area (Å²) in [7, 11) is 2.36. The summed E-state index contributed by atoms with van der Waals surface area (Å²) in [4.78, 5) is 42.9. The van der Waals surface area contributed by atoms with E-state index in [1.165, 1.54) is 19.4 Å². The van der Waals surface area contributed by atoms with Crippen LogP contribution in [0.25, 0.3) is 10.7 Å². The lowest BCUT2D eigenvalue weighted by molar-refractivity contribution is 0.0583. The van der Waals surface area contributed by atoms with Crippen LogP contribution >= 0.6 is 11.3 Å². The minimum absolute atomic E-state index is 0.0523. The third kappa shape index (κ3) is 3.19. The molecule has 0 aliphatic carbocycles. The topological polar surface area (TPSA) is 116 Å². The van der Waals surface area contributed by atoms with Crippen molar-refractivity contribution in [1.29, 1.82) is 0 Å². The highest BCUT2D eigenvalue weighted by Crippen LogP contribution is 2.30. The van der Waals surface area contributed by atoms with Gasteiger partial charge in [0, 0.05) is 10.9 Å². The predicted molar refractivity (Wildman–Crippen MR) is 79.7 cm³/mol. The molecular weight excluding hydrogens is 324 g/mol. The summed E-state index contributed by atoms with van der Waals surface area (Å²) in [6.07, 6.45) is 0. The van der Waals surface area contributed by atoms with Gasteiger partial charge in [0.15, 0.2) is 17.2 Å². The molecule has 0 radical (unpaired) electrons. The van der Waals surface area contributed by atoms with Crippen molar-refractivity contribution in [2.24, 2.45) is 0 Å². The molecule has 8 nitrogen and oxygen atoms in total. The highest BCUT2D eigenvalue weighted by Gasteiger charge is 2.23. The van der Waals surface area contributed by atoms with E-state index in [1.807, 2.05) is 0 Å². The second kappa shape index (κ2) is 6.53. The van der Waals surface area contributed by atoms with Gasteiger partial charge in [-0.3, -0.25) is 4.79 Å². The summed E-state index contributed by atoms with van der Waals surface area (Å²) in [5.41, 5.74) is -0.143. The van der Waals surface area contributed by atoms with Crippen molar-refractivity contribution in [3.05, 3.63) is 28.4 Å². The molecule has 0 amide bonds. The van der Waals surface area contributed by atoms with Gasteiger partial charge in [-0.15, -0.1) is 11.3 Å². The Kier molecular flexibility index (Phi) is 4.70. The molecule has 2 heterocycles. The number of carbonyl (C=O) groups is 3. The van der Waals surface area contributed by atoms with E-state index in [-0.39, 0.29) is 33.4 Å². The zero-order valence-corrected chi connectivity index (χ0v) is 13.3. The molecule has 9 heteroatoms. The number of hydrogen-bond acceptors (Lipinski definition) is 9. The Labute approximate surface area is 134 Å². The molecule has 0 aliphatic heterocycles. The van der Waals surface area contributed by atoms with Crippen molar-refractivity contribution in [1.82, 2.24) is 9.97 Å². The maximum atomic E-state index is 11.8. The molecule has 0 fully saturated rings. The first-order valence-electron chi connectivity index (χ1n) is 6.26. The predicted octanol–water partition coefficient (Wildman–Crippen LogP) is 1.69. The van der Waals surface area contributed by atoms with Crippen molar-refractivity contribution >= 4 is 29.1 Å². The van der Waals surface area contributed by atoms with E-state index in [9.17, 15) is 19.5 Å². The number of ketones is 1. The SMILES string of the molecule is COC(=O)c1csc(-c2nc(C(=O)OC)c(O)cc2C(C)=O)n1. The highest BCUT2D eigenvalue weighted by atomic mass is 32.1. The van der Waals surface area contributed by atoms with Crippen LogP contribution in [0.4, 0.5) is 0 Å². The Morgan fingerprint density at radius 2 is 1.78 bits per heavy atom. The molecule has 120 valence electrons. The molecule has 0 saturated heterocycles. The van der Waals surface area contributed by atoms with E-state index in [0.29, 0.717) is 0 Å². The maximum Gasteiger partial charge on any atom is 0.360 e. The summed E-state index contributed by atoms with van der Waals surface area (Å²) >= 11 is 1.05. The smallest absolute Gasteiger partial charge is 0.360 e. The fourth-order valence-corrected chi connectivity index (χ4v) is 2.55. The first-order chi connectivity index (χ1) is 10.9. The molecule has 1 N–H and O–H groups in total. The summed E-state index contributed by atoms with van der Waals surface area (Å²) in [5, 5.41) is 11.5. The maximum absolute atomic E-state index is 11.8. The lowest BCUT2D eigenvalue weighted by Gasteiger charge is -2.08. The first-order valence-corrected chi connectivity index (χ1v) is 7.14. The number of hydrogen-bond donors (Lipinski definition) is 1. The minimum atomic E-state index is -0.858. The van der Waals surface area contributed by atoms with Crippen molar-refractivity contribution in [3.63, 3.8) is 0 Å². The molecule has 0 unspecified atom stereocenters. The van der Waals surface area contributed by atoms with E-state index in [1.54, 1.807) is 0 Å². The van der Waals surface area contributed by atoms with Crippen LogP contribution in [-0.4, -0.2) is 47.0 Å². The number of carbonyl (C=O) groups excluding carboxylic acids is 3. The second-order valence-corrected chi connectivity index (χ2v) is 5.19. The minimum Gasteiger partial charge on any atom is -0.505 e. The fraction of sp³-hybridized carbons (Fsp3) is 0.214. The van der Waals surface area contributed by atoms with Gasteiger partial charge < -0.3 is 14.6 Å². The molecule has 0 atom stereocenters. The quantitative estimate of drug-likeness (QED) is 0.662. The molecule has 0 bridgehead atoms. The van der Waals surface area contributed by atoms with Gasteiger partial charge in [-0.05, 0) is 13.0 Å². The van der Waals surface area contributed by atoms with Crippen molar-refractivity contribution in [2.75, 3.05) is 14.2 Å². The van der Waals surface area contributed by atoms with Crippen molar-refractivity contribution < 1.29 is 29.0 Å². The van der Waals surface area contributed by atoms with Gasteiger partial charge in [0.2, 0.25) is 0 Å². The standard InChI is InChI=1S/C14H12N2O6S/c1-6(17)7-4-9(18)11(14(20)22-3)16-10(7)12-15-8(5-23-12)13(19)21-2/h4-5,18H,1-3H3. The van der Waals surface area contributed by atoms with E-state index >= 15 is 0 Å². The Balaban J connectivity index is 2.63. The largest absolute Gasteiger partial charge is 0.505 e. The van der Waals surface area contributed by atoms with Crippen LogP contribution in [-0.2, 0) is 9.47 Å². The van der Waals surface area contributed by atoms with Gasteiger partial charge in [0.1, 0.15) is 16.5 Å². The molecule has 2 rings (SSSR count). The van der Waals surface area contributed by atoms with E-state index < -0.39 is 17.7 Å². The number of aromatic hydroxyl groups is 1. The van der Waals surface area contributed by atoms with E-state index in [0.717, 1.165) is 24.5 Å². The van der Waals surface area contributed by atoms with Crippen LogP contribution in [0.2, 0.25) is 0 Å². The normalized spacial score (nSPS) is 10.2. The fourth-order valence-electron chi connectivity index (χ4n) is 1.76. The van der Waals surface area contributed by atoms with Gasteiger partial charge >= 0.3 is 11.9 Å². The van der Waals surface area contributed by atoms with E-state index in [2.05, 4.69) is 19.4 Å². The number of ether oxygens (including phenoxy) is 2. The molecule has 2 aromatic heterocycles. The molecule has 0 spiro atoms. The molecule has 0 saturated carbocycles. The second-order valence-electron chi connectivity index (χ2n) is 4.33. The lowest BCUT2D eigenvalue weighted by Crippen LogP contribution is -2.09. The van der Waals surface area contributed by atoms with Crippen LogP contribution in [0, 0.1) is 0 Å². The van der Waals surface area contributed by atoms with Gasteiger partial charge in [-0.25, -0.2) is 19.6 Å². The van der Waals surface area contributed by atoms with Gasteiger partial charge in [0.25, 0.3) is 0 Å². The average molecular weight is 336 g/mol. The number of pyridine rings is 1. The third-order valence-electron chi connectivity index (χ3n) is 2.86. The molecular formula is C14H12N2O6S. The average Bonchev–Trinajstić information content (AvgIpc) is 3.02. The lowest BCUT2D eigenvalue weighted by atomic mass is 10.1. The van der Waals surface area contributed by atoms with Crippen LogP contribution < -0.4 is 0 Å². The molecule has 0 aromatic carbocycles. The molecule has 23 heavy (non-hydrogen) atoms. The third-order valence-corrected chi connectivity index (χ3v) is 3.71. The number of methoxy groups -OCH3 is 2. The number of rotatable bonds is 4. The van der Waals surface area contributed by atoms with Crippen LogP contribution in [0.5, 0.6) is 5.75 Å². The zero-order chi connectivity index (χ0) is 17.1. The molecule has 2 aromatic rings. The Morgan fingerprint density at radius 1 is 1.13 bits per heavy atom. The Morgan fingerprint density at radius 3 is 2.35 bits per heavy atom. The summed E-state index contributed by atoms with van der Waals surface area (Å²) in [6, 6.07) is 1.12. The van der Waals surface area contributed by atoms with E-state index in [4.69, 9.17) is 0 Å². The van der Waals surface area contributed by atoms with Crippen LogP contribution in [0.15, 0.2) is 11.4 Å². The van der Waals surface area contributed by atoms with Gasteiger partial charge in [-0.1, -0.05) is 0 Å². The summed E-state index contributed by atoms with van der Waals surface area (Å²) in [6.45, 7) is 1.28. The molecule has 0 aliphatic rings.